The number of nitrogens with zero attached hydrogens (tertiary/aromatic N) is 2. The van der Waals surface area contributed by atoms with Gasteiger partial charge in [-0.2, -0.15) is 0 Å². The highest BCUT2D eigenvalue weighted by molar-refractivity contribution is 7.18. The summed E-state index contributed by atoms with van der Waals surface area (Å²) in [5.41, 5.74) is 2.55. The first-order chi connectivity index (χ1) is 13.6. The molecule has 1 aromatic carbocycles. The maximum absolute atomic E-state index is 12.8. The summed E-state index contributed by atoms with van der Waals surface area (Å²) >= 11 is 1.52. The van der Waals surface area contributed by atoms with Crippen molar-refractivity contribution in [2.75, 3.05) is 12.4 Å². The number of fused-ring (bicyclic) bond motifs is 1. The molecule has 0 fully saturated rings. The van der Waals surface area contributed by atoms with Crippen LogP contribution in [0.25, 0.3) is 10.2 Å². The van der Waals surface area contributed by atoms with Crippen molar-refractivity contribution >= 4 is 33.1 Å². The zero-order valence-corrected chi connectivity index (χ0v) is 18.6. The number of benzene rings is 1. The lowest BCUT2D eigenvalue weighted by molar-refractivity contribution is -0.116. The number of aromatic nitrogens is 2. The van der Waals surface area contributed by atoms with E-state index in [1.165, 1.54) is 22.2 Å². The molecule has 0 atom stereocenters. The van der Waals surface area contributed by atoms with Crippen molar-refractivity contribution in [3.05, 3.63) is 50.9 Å². The third-order valence-corrected chi connectivity index (χ3v) is 6.19. The Labute approximate surface area is 174 Å². The van der Waals surface area contributed by atoms with E-state index in [9.17, 15) is 9.59 Å². The quantitative estimate of drug-likeness (QED) is 0.672. The van der Waals surface area contributed by atoms with E-state index in [1.54, 1.807) is 7.11 Å². The number of hydrogen-bond acceptors (Lipinski definition) is 5. The van der Waals surface area contributed by atoms with Crippen LogP contribution in [0.15, 0.2) is 29.3 Å². The molecule has 0 aliphatic carbocycles. The van der Waals surface area contributed by atoms with Gasteiger partial charge in [0.15, 0.2) is 0 Å². The molecule has 0 radical (unpaired) electrons. The van der Waals surface area contributed by atoms with Gasteiger partial charge in [0, 0.05) is 17.8 Å². The molecule has 1 N–H and O–H groups in total. The molecule has 6 nitrogen and oxygen atoms in total. The second-order valence-corrected chi connectivity index (χ2v) is 9.37. The zero-order valence-electron chi connectivity index (χ0n) is 17.8. The average molecular weight is 414 g/mol. The Hall–Kier alpha value is -2.67. The van der Waals surface area contributed by atoms with Crippen LogP contribution in [0.3, 0.4) is 0 Å². The van der Waals surface area contributed by atoms with E-state index in [0.717, 1.165) is 20.8 Å². The predicted octanol–water partition coefficient (Wildman–Crippen LogP) is 4.41. The molecule has 0 unspecified atom stereocenters. The Kier molecular flexibility index (Phi) is 5.80. The Bertz CT molecular complexity index is 1120. The molecule has 2 aromatic heterocycles. The summed E-state index contributed by atoms with van der Waals surface area (Å²) in [5.74, 6) is 0.426. The van der Waals surface area contributed by atoms with Crippen LogP contribution < -0.4 is 15.6 Å². The number of carbonyl (C=O) groups is 1. The van der Waals surface area contributed by atoms with Crippen LogP contribution in [0, 0.1) is 13.8 Å². The van der Waals surface area contributed by atoms with E-state index in [1.807, 2.05) is 32.0 Å². The van der Waals surface area contributed by atoms with Crippen molar-refractivity contribution in [2.45, 2.75) is 53.0 Å². The SMILES string of the molecule is COc1ccc(C(C)(C)C)cc1NC(=O)CCn1cnc2sc(C)c(C)c2c1=O. The minimum atomic E-state index is -0.181. The number of thiophene rings is 1. The summed E-state index contributed by atoms with van der Waals surface area (Å²) in [4.78, 5) is 31.5. The number of anilines is 1. The van der Waals surface area contributed by atoms with Gasteiger partial charge >= 0.3 is 0 Å². The standard InChI is InChI=1S/C22H27N3O3S/c1-13-14(2)29-20-19(13)21(27)25(12-23-20)10-9-18(26)24-16-11-15(22(3,4)5)7-8-17(16)28-6/h7-8,11-12H,9-10H2,1-6H3,(H,24,26). The van der Waals surface area contributed by atoms with Gasteiger partial charge in [0.25, 0.3) is 5.56 Å². The second kappa shape index (κ2) is 7.99. The van der Waals surface area contributed by atoms with Crippen LogP contribution in [-0.2, 0) is 16.8 Å². The van der Waals surface area contributed by atoms with Crippen LogP contribution >= 0.6 is 11.3 Å². The van der Waals surface area contributed by atoms with Crippen molar-refractivity contribution in [1.82, 2.24) is 9.55 Å². The lowest BCUT2D eigenvalue weighted by Crippen LogP contribution is -2.24. The van der Waals surface area contributed by atoms with Crippen molar-refractivity contribution in [3.8, 4) is 5.75 Å². The van der Waals surface area contributed by atoms with Gasteiger partial charge < -0.3 is 10.1 Å². The summed E-state index contributed by atoms with van der Waals surface area (Å²) < 4.78 is 6.88. The molecule has 0 saturated heterocycles. The Morgan fingerprint density at radius 3 is 2.66 bits per heavy atom. The second-order valence-electron chi connectivity index (χ2n) is 8.17. The van der Waals surface area contributed by atoms with Gasteiger partial charge in [-0.25, -0.2) is 4.98 Å². The number of carbonyl (C=O) groups excluding carboxylic acids is 1. The van der Waals surface area contributed by atoms with E-state index in [2.05, 4.69) is 31.1 Å². The highest BCUT2D eigenvalue weighted by atomic mass is 32.1. The highest BCUT2D eigenvalue weighted by Gasteiger charge is 2.17. The molecular formula is C22H27N3O3S. The minimum absolute atomic E-state index is 0.0450. The molecule has 0 aliphatic heterocycles. The predicted molar refractivity (Wildman–Crippen MR) is 118 cm³/mol. The van der Waals surface area contributed by atoms with Gasteiger partial charge in [-0.05, 0) is 42.5 Å². The fraction of sp³-hybridized carbons (Fsp3) is 0.409. The fourth-order valence-corrected chi connectivity index (χ4v) is 4.12. The molecule has 3 aromatic rings. The molecule has 0 saturated carbocycles. The number of aryl methyl sites for hydroxylation is 3. The normalized spacial score (nSPS) is 11.7. The molecule has 0 aliphatic rings. The van der Waals surface area contributed by atoms with E-state index >= 15 is 0 Å². The van der Waals surface area contributed by atoms with Crippen LogP contribution in [0.4, 0.5) is 5.69 Å². The lowest BCUT2D eigenvalue weighted by atomic mass is 9.87. The van der Waals surface area contributed by atoms with Gasteiger partial charge in [0.2, 0.25) is 5.91 Å². The lowest BCUT2D eigenvalue weighted by Gasteiger charge is -2.21. The summed E-state index contributed by atoms with van der Waals surface area (Å²) in [7, 11) is 1.58. The summed E-state index contributed by atoms with van der Waals surface area (Å²) in [5, 5.41) is 3.57. The Morgan fingerprint density at radius 2 is 2.00 bits per heavy atom. The third-order valence-electron chi connectivity index (χ3n) is 5.08. The van der Waals surface area contributed by atoms with Crippen molar-refractivity contribution in [1.29, 1.82) is 0 Å². The van der Waals surface area contributed by atoms with Crippen molar-refractivity contribution < 1.29 is 9.53 Å². The van der Waals surface area contributed by atoms with Crippen molar-refractivity contribution in [3.63, 3.8) is 0 Å². The number of hydrogen-bond donors (Lipinski definition) is 1. The van der Waals surface area contributed by atoms with E-state index in [0.29, 0.717) is 16.8 Å². The molecular weight excluding hydrogens is 386 g/mol. The molecule has 0 bridgehead atoms. The molecule has 0 spiro atoms. The van der Waals surface area contributed by atoms with Gasteiger partial charge in [0.1, 0.15) is 10.6 Å². The highest BCUT2D eigenvalue weighted by Crippen LogP contribution is 2.31. The largest absolute Gasteiger partial charge is 0.495 e. The number of rotatable bonds is 5. The van der Waals surface area contributed by atoms with E-state index in [-0.39, 0.29) is 29.8 Å². The van der Waals surface area contributed by atoms with Gasteiger partial charge in [-0.15, -0.1) is 11.3 Å². The molecule has 29 heavy (non-hydrogen) atoms. The first-order valence-electron chi connectivity index (χ1n) is 9.55. The first kappa shape index (κ1) is 21.0. The van der Waals surface area contributed by atoms with E-state index < -0.39 is 0 Å². The number of nitrogens with one attached hydrogen (secondary N) is 1. The Morgan fingerprint density at radius 1 is 1.28 bits per heavy atom. The number of amides is 1. The van der Waals surface area contributed by atoms with Gasteiger partial charge in [-0.1, -0.05) is 26.8 Å². The van der Waals surface area contributed by atoms with Crippen LogP contribution in [-0.4, -0.2) is 22.6 Å². The summed E-state index contributed by atoms with van der Waals surface area (Å²) in [6, 6.07) is 5.80. The monoisotopic (exact) mass is 413 g/mol. The van der Waals surface area contributed by atoms with Crippen molar-refractivity contribution in [2.24, 2.45) is 0 Å². The zero-order chi connectivity index (χ0) is 21.3. The molecule has 7 heteroatoms. The summed E-state index contributed by atoms with van der Waals surface area (Å²) in [6.45, 7) is 10.5. The van der Waals surface area contributed by atoms with Crippen LogP contribution in [0.5, 0.6) is 5.75 Å². The third kappa shape index (κ3) is 4.34. The molecule has 154 valence electrons. The smallest absolute Gasteiger partial charge is 0.262 e. The van der Waals surface area contributed by atoms with Crippen LogP contribution in [0.1, 0.15) is 43.2 Å². The maximum atomic E-state index is 12.8. The van der Waals surface area contributed by atoms with Crippen LogP contribution in [0.2, 0.25) is 0 Å². The first-order valence-corrected chi connectivity index (χ1v) is 10.4. The fourth-order valence-electron chi connectivity index (χ4n) is 3.14. The summed E-state index contributed by atoms with van der Waals surface area (Å²) in [6.07, 6.45) is 1.69. The number of methoxy groups -OCH3 is 1. The Balaban J connectivity index is 1.77. The van der Waals surface area contributed by atoms with Gasteiger partial charge in [-0.3, -0.25) is 14.2 Å². The maximum Gasteiger partial charge on any atom is 0.262 e. The average Bonchev–Trinajstić information content (AvgIpc) is 2.95. The van der Waals surface area contributed by atoms with E-state index in [4.69, 9.17) is 4.74 Å². The minimum Gasteiger partial charge on any atom is -0.495 e. The molecule has 2 heterocycles. The number of ether oxygens (including phenoxy) is 1. The molecule has 1 amide bonds. The molecule has 3 rings (SSSR count). The van der Waals surface area contributed by atoms with Gasteiger partial charge in [0.05, 0.1) is 24.5 Å². The topological polar surface area (TPSA) is 73.2 Å².